The lowest BCUT2D eigenvalue weighted by molar-refractivity contribution is 0.0697. The van der Waals surface area contributed by atoms with E-state index in [0.717, 1.165) is 11.2 Å². The number of fused-ring (bicyclic) bond motifs is 1. The predicted molar refractivity (Wildman–Crippen MR) is 124 cm³/mol. The van der Waals surface area contributed by atoms with Crippen LogP contribution in [0.25, 0.3) is 16.6 Å². The van der Waals surface area contributed by atoms with Crippen LogP contribution >= 0.6 is 40.7 Å². The summed E-state index contributed by atoms with van der Waals surface area (Å²) in [7, 11) is 5.57. The fourth-order valence-electron chi connectivity index (χ4n) is 3.44. The topological polar surface area (TPSA) is 77.7 Å². The molecule has 3 rings (SSSR count). The number of phenolic OH excluding ortho intramolecular Hbond substituents is 1. The molecule has 9 heteroatoms. The molecule has 29 heavy (non-hydrogen) atoms. The molecule has 0 aliphatic carbocycles. The molecule has 0 saturated carbocycles. The summed E-state index contributed by atoms with van der Waals surface area (Å²) in [6, 6.07) is 11.4. The first-order valence-electron chi connectivity index (χ1n) is 8.52. The van der Waals surface area contributed by atoms with Crippen LogP contribution in [0.15, 0.2) is 40.9 Å². The van der Waals surface area contributed by atoms with Crippen molar-refractivity contribution in [3.63, 3.8) is 0 Å². The number of para-hydroxylation sites is 1. The molecule has 0 radical (unpaired) electrons. The second kappa shape index (κ2) is 10.3. The SMILES string of the molecule is CNCc1c(O)c(Br)cc2c1c(C(=O)O)c(CN(C)C)n2-c1ccccc1.Cl.Cl. The van der Waals surface area contributed by atoms with Gasteiger partial charge in [0.05, 0.1) is 21.2 Å². The van der Waals surface area contributed by atoms with Crippen LogP contribution in [0.1, 0.15) is 21.6 Å². The lowest BCUT2D eigenvalue weighted by Crippen LogP contribution is -2.17. The quantitative estimate of drug-likeness (QED) is 0.463. The van der Waals surface area contributed by atoms with E-state index in [1.54, 1.807) is 13.1 Å². The van der Waals surface area contributed by atoms with E-state index in [9.17, 15) is 15.0 Å². The fourth-order valence-corrected chi connectivity index (χ4v) is 3.89. The second-order valence-corrected chi connectivity index (χ2v) is 7.50. The Balaban J connectivity index is 0.00000210. The molecule has 6 nitrogen and oxygen atoms in total. The summed E-state index contributed by atoms with van der Waals surface area (Å²) in [5, 5.41) is 24.2. The van der Waals surface area contributed by atoms with Crippen LogP contribution in [0.5, 0.6) is 5.75 Å². The van der Waals surface area contributed by atoms with Crippen molar-refractivity contribution in [2.75, 3.05) is 21.1 Å². The van der Waals surface area contributed by atoms with Crippen LogP contribution in [0, 0.1) is 0 Å². The van der Waals surface area contributed by atoms with E-state index in [0.29, 0.717) is 34.2 Å². The van der Waals surface area contributed by atoms with Gasteiger partial charge in [-0.1, -0.05) is 18.2 Å². The maximum Gasteiger partial charge on any atom is 0.338 e. The van der Waals surface area contributed by atoms with E-state index in [1.807, 2.05) is 53.9 Å². The van der Waals surface area contributed by atoms with Gasteiger partial charge in [0.2, 0.25) is 0 Å². The number of nitrogens with one attached hydrogen (secondary N) is 1. The molecule has 1 aromatic heterocycles. The van der Waals surface area contributed by atoms with Crippen molar-refractivity contribution in [1.82, 2.24) is 14.8 Å². The Morgan fingerprint density at radius 1 is 1.21 bits per heavy atom. The molecule has 3 aromatic rings. The number of carboxylic acids is 1. The Bertz CT molecular complexity index is 1010. The van der Waals surface area contributed by atoms with Crippen molar-refractivity contribution in [3.05, 3.63) is 57.7 Å². The van der Waals surface area contributed by atoms with Crippen LogP contribution in [0.4, 0.5) is 0 Å². The van der Waals surface area contributed by atoms with Gasteiger partial charge in [0, 0.05) is 29.7 Å². The van der Waals surface area contributed by atoms with Gasteiger partial charge in [0.15, 0.2) is 0 Å². The summed E-state index contributed by atoms with van der Waals surface area (Å²) < 4.78 is 2.49. The third-order valence-corrected chi connectivity index (χ3v) is 5.04. The van der Waals surface area contributed by atoms with E-state index in [1.165, 1.54) is 0 Å². The van der Waals surface area contributed by atoms with Crippen molar-refractivity contribution in [2.24, 2.45) is 0 Å². The molecule has 158 valence electrons. The average Bonchev–Trinajstić information content (AvgIpc) is 2.92. The standard InChI is InChI=1S/C20H22BrN3O3.2ClH/c1-22-10-13-17-15(9-14(21)19(13)25)24(12-7-5-4-6-8-12)16(11-23(2)3)18(17)20(26)27;;/h4-9,22,25H,10-11H2,1-3H3,(H,26,27);2*1H. The minimum absolute atomic E-state index is 0. The summed E-state index contributed by atoms with van der Waals surface area (Å²) in [6.07, 6.45) is 0. The van der Waals surface area contributed by atoms with Crippen LogP contribution in [-0.4, -0.2) is 46.8 Å². The predicted octanol–water partition coefficient (Wildman–Crippen LogP) is 4.42. The van der Waals surface area contributed by atoms with Crippen LogP contribution in [0.3, 0.4) is 0 Å². The first kappa shape index (κ1) is 25.3. The normalized spacial score (nSPS) is 10.7. The number of aromatic hydroxyl groups is 1. The van der Waals surface area contributed by atoms with E-state index in [2.05, 4.69) is 21.2 Å². The van der Waals surface area contributed by atoms with Gasteiger partial charge < -0.3 is 25.0 Å². The third kappa shape index (κ3) is 4.70. The Labute approximate surface area is 190 Å². The van der Waals surface area contributed by atoms with E-state index in [-0.39, 0.29) is 36.1 Å². The number of hydrogen-bond donors (Lipinski definition) is 3. The van der Waals surface area contributed by atoms with Gasteiger partial charge in [0.1, 0.15) is 5.75 Å². The molecule has 0 aliphatic heterocycles. The summed E-state index contributed by atoms with van der Waals surface area (Å²) >= 11 is 3.42. The van der Waals surface area contributed by atoms with Crippen LogP contribution in [0.2, 0.25) is 0 Å². The van der Waals surface area contributed by atoms with Gasteiger partial charge >= 0.3 is 5.97 Å². The average molecular weight is 505 g/mol. The Kier molecular flexibility index (Phi) is 8.99. The monoisotopic (exact) mass is 503 g/mol. The molecule has 1 heterocycles. The highest BCUT2D eigenvalue weighted by Gasteiger charge is 2.27. The summed E-state index contributed by atoms with van der Waals surface area (Å²) in [6.45, 7) is 0.796. The van der Waals surface area contributed by atoms with Crippen molar-refractivity contribution in [3.8, 4) is 11.4 Å². The molecule has 2 aromatic carbocycles. The number of hydrogen-bond acceptors (Lipinski definition) is 4. The highest BCUT2D eigenvalue weighted by atomic mass is 79.9. The molecule has 0 atom stereocenters. The highest BCUT2D eigenvalue weighted by molar-refractivity contribution is 9.10. The van der Waals surface area contributed by atoms with Crippen molar-refractivity contribution >= 4 is 57.6 Å². The molecular formula is C20H24BrCl2N3O3. The number of carboxylic acid groups (broad SMARTS) is 1. The minimum Gasteiger partial charge on any atom is -0.506 e. The van der Waals surface area contributed by atoms with Gasteiger partial charge in [-0.2, -0.15) is 0 Å². The smallest absolute Gasteiger partial charge is 0.338 e. The maximum atomic E-state index is 12.3. The molecule has 0 saturated heterocycles. The summed E-state index contributed by atoms with van der Waals surface area (Å²) in [5.74, 6) is -0.952. The lowest BCUT2D eigenvalue weighted by atomic mass is 10.0. The molecule has 0 aliphatic rings. The maximum absolute atomic E-state index is 12.3. The first-order chi connectivity index (χ1) is 12.9. The first-order valence-corrected chi connectivity index (χ1v) is 9.31. The van der Waals surface area contributed by atoms with E-state index < -0.39 is 5.97 Å². The Morgan fingerprint density at radius 2 is 1.83 bits per heavy atom. The van der Waals surface area contributed by atoms with Crippen molar-refractivity contribution in [2.45, 2.75) is 13.1 Å². The lowest BCUT2D eigenvalue weighted by Gasteiger charge is -2.15. The van der Waals surface area contributed by atoms with Gasteiger partial charge in [-0.05, 0) is 55.3 Å². The highest BCUT2D eigenvalue weighted by Crippen LogP contribution is 2.40. The van der Waals surface area contributed by atoms with Gasteiger partial charge in [-0.25, -0.2) is 4.79 Å². The summed E-state index contributed by atoms with van der Waals surface area (Å²) in [4.78, 5) is 14.2. The molecule has 0 amide bonds. The molecule has 0 spiro atoms. The number of aromatic nitrogens is 1. The van der Waals surface area contributed by atoms with Crippen molar-refractivity contribution < 1.29 is 15.0 Å². The summed E-state index contributed by atoms with van der Waals surface area (Å²) in [5.41, 5.74) is 3.07. The molecular weight excluding hydrogens is 481 g/mol. The molecule has 3 N–H and O–H groups in total. The second-order valence-electron chi connectivity index (χ2n) is 6.65. The van der Waals surface area contributed by atoms with Crippen LogP contribution in [-0.2, 0) is 13.1 Å². The number of benzene rings is 2. The molecule has 0 bridgehead atoms. The van der Waals surface area contributed by atoms with Crippen LogP contribution < -0.4 is 5.32 Å². The Hall–Kier alpha value is -1.77. The number of aromatic carboxylic acids is 1. The zero-order valence-corrected chi connectivity index (χ0v) is 19.5. The number of halogens is 3. The number of phenols is 1. The van der Waals surface area contributed by atoms with Crippen molar-refractivity contribution in [1.29, 1.82) is 0 Å². The zero-order valence-electron chi connectivity index (χ0n) is 16.3. The Morgan fingerprint density at radius 3 is 2.34 bits per heavy atom. The third-order valence-electron chi connectivity index (χ3n) is 4.43. The van der Waals surface area contributed by atoms with Gasteiger partial charge in [-0.3, -0.25) is 0 Å². The van der Waals surface area contributed by atoms with E-state index >= 15 is 0 Å². The fraction of sp³-hybridized carbons (Fsp3) is 0.250. The number of rotatable bonds is 6. The van der Waals surface area contributed by atoms with E-state index in [4.69, 9.17) is 0 Å². The number of nitrogens with zero attached hydrogens (tertiary/aromatic N) is 2. The molecule has 0 unspecified atom stereocenters. The molecule has 0 fully saturated rings. The number of carbonyl (C=O) groups is 1. The zero-order chi connectivity index (χ0) is 19.7. The van der Waals surface area contributed by atoms with Gasteiger partial charge in [-0.15, -0.1) is 24.8 Å². The largest absolute Gasteiger partial charge is 0.506 e. The van der Waals surface area contributed by atoms with Gasteiger partial charge in [0.25, 0.3) is 0 Å². The minimum atomic E-state index is -1.01.